The fourth-order valence-corrected chi connectivity index (χ4v) is 5.21. The van der Waals surface area contributed by atoms with Crippen LogP contribution in [-0.4, -0.2) is 64.3 Å². The second kappa shape index (κ2) is 8.70. The van der Waals surface area contributed by atoms with Crippen LogP contribution in [0.2, 0.25) is 0 Å². The van der Waals surface area contributed by atoms with Crippen molar-refractivity contribution in [3.63, 3.8) is 0 Å². The molecular weight excluding hydrogens is 430 g/mol. The zero-order chi connectivity index (χ0) is 23.1. The molecule has 0 unspecified atom stereocenters. The minimum Gasteiger partial charge on any atom is -0.379 e. The highest BCUT2D eigenvalue weighted by atomic mass is 16.5. The van der Waals surface area contributed by atoms with Crippen molar-refractivity contribution in [3.8, 4) is 11.5 Å². The topological polar surface area (TPSA) is 81.4 Å². The van der Waals surface area contributed by atoms with Gasteiger partial charge in [0.15, 0.2) is 5.82 Å². The van der Waals surface area contributed by atoms with Crippen LogP contribution in [0.1, 0.15) is 5.56 Å². The molecule has 1 N–H and O–H groups in total. The molecule has 0 atom stereocenters. The van der Waals surface area contributed by atoms with E-state index in [0.29, 0.717) is 29.8 Å². The van der Waals surface area contributed by atoms with Crippen LogP contribution in [0.5, 0.6) is 0 Å². The number of amides is 1. The summed E-state index contributed by atoms with van der Waals surface area (Å²) in [6.45, 7) is 5.46. The van der Waals surface area contributed by atoms with Gasteiger partial charge in [-0.1, -0.05) is 30.3 Å². The minimum absolute atomic E-state index is 0.0296. The molecule has 34 heavy (non-hydrogen) atoms. The van der Waals surface area contributed by atoms with E-state index < -0.39 is 0 Å². The van der Waals surface area contributed by atoms with Gasteiger partial charge in [0, 0.05) is 43.6 Å². The number of aromatic nitrogens is 3. The molecule has 8 heteroatoms. The Balaban J connectivity index is 1.37. The zero-order valence-electron chi connectivity index (χ0n) is 19.0. The van der Waals surface area contributed by atoms with Crippen LogP contribution < -0.4 is 10.9 Å². The molecule has 2 aromatic heterocycles. The second-order valence-corrected chi connectivity index (χ2v) is 8.89. The smallest absolute Gasteiger partial charge is 0.261 e. The summed E-state index contributed by atoms with van der Waals surface area (Å²) >= 11 is 0. The van der Waals surface area contributed by atoms with Crippen molar-refractivity contribution in [2.24, 2.45) is 0 Å². The van der Waals surface area contributed by atoms with Crippen molar-refractivity contribution in [3.05, 3.63) is 64.4 Å². The Bertz CT molecular complexity index is 1450. The monoisotopic (exact) mass is 457 g/mol. The molecule has 1 amide bonds. The highest BCUT2D eigenvalue weighted by Gasteiger charge is 2.28. The van der Waals surface area contributed by atoms with Gasteiger partial charge in [-0.2, -0.15) is 0 Å². The van der Waals surface area contributed by atoms with Crippen molar-refractivity contribution in [1.29, 1.82) is 0 Å². The molecule has 4 heterocycles. The number of benzene rings is 2. The van der Waals surface area contributed by atoms with Crippen molar-refractivity contribution in [2.75, 3.05) is 39.4 Å². The number of carbonyl (C=O) groups is 1. The van der Waals surface area contributed by atoms with Crippen molar-refractivity contribution < 1.29 is 9.53 Å². The van der Waals surface area contributed by atoms with E-state index in [1.807, 2.05) is 47.0 Å². The van der Waals surface area contributed by atoms with Crippen LogP contribution in [0.25, 0.3) is 33.3 Å². The third kappa shape index (κ3) is 3.59. The van der Waals surface area contributed by atoms with Gasteiger partial charge < -0.3 is 14.6 Å². The van der Waals surface area contributed by atoms with Crippen LogP contribution in [0.15, 0.2) is 53.3 Å². The number of hydrogen-bond donors (Lipinski definition) is 1. The van der Waals surface area contributed by atoms with Crippen LogP contribution in [0.3, 0.4) is 0 Å². The summed E-state index contributed by atoms with van der Waals surface area (Å²) in [5.74, 6) is 0.597. The fraction of sp³-hybridized carbons (Fsp3) is 0.346. The standard InChI is InChI=1S/C26H27N5O3/c32-23(27-10-12-29-13-15-34-16-14-29)17-31-22-8-4-2-5-18(22)19-9-11-30-25(24(19)31)28-21-7-3-1-6-20(21)26(30)33/h1-8H,9-17H2,(H,27,32). The minimum atomic E-state index is -0.0444. The Morgan fingerprint density at radius 2 is 1.76 bits per heavy atom. The SMILES string of the molecule is O=C(Cn1c2c(c3ccccc31)CCn1c-2nc2ccccc2c1=O)NCCN1CCOCC1. The second-order valence-electron chi connectivity index (χ2n) is 8.89. The van der Waals surface area contributed by atoms with Crippen LogP contribution in [0, 0.1) is 0 Å². The van der Waals surface area contributed by atoms with Gasteiger partial charge in [0.2, 0.25) is 5.91 Å². The van der Waals surface area contributed by atoms with Gasteiger partial charge in [0.1, 0.15) is 6.54 Å². The molecule has 1 saturated heterocycles. The highest BCUT2D eigenvalue weighted by Crippen LogP contribution is 2.36. The number of ether oxygens (including phenoxy) is 1. The zero-order valence-corrected chi connectivity index (χ0v) is 19.0. The number of hydrogen-bond acceptors (Lipinski definition) is 5. The molecule has 0 aliphatic carbocycles. The molecule has 6 rings (SSSR count). The summed E-state index contributed by atoms with van der Waals surface area (Å²) in [6, 6.07) is 15.6. The third-order valence-electron chi connectivity index (χ3n) is 6.89. The van der Waals surface area contributed by atoms with E-state index in [1.54, 1.807) is 4.57 Å². The molecule has 0 bridgehead atoms. The van der Waals surface area contributed by atoms with Crippen LogP contribution in [0.4, 0.5) is 0 Å². The Morgan fingerprint density at radius 1 is 1.00 bits per heavy atom. The molecule has 0 spiro atoms. The first kappa shape index (κ1) is 21.1. The third-order valence-corrected chi connectivity index (χ3v) is 6.89. The molecule has 174 valence electrons. The van der Waals surface area contributed by atoms with Gasteiger partial charge >= 0.3 is 0 Å². The number of nitrogens with one attached hydrogen (secondary N) is 1. The highest BCUT2D eigenvalue weighted by molar-refractivity contribution is 5.93. The van der Waals surface area contributed by atoms with Crippen molar-refractivity contribution in [2.45, 2.75) is 19.5 Å². The molecule has 8 nitrogen and oxygen atoms in total. The molecule has 2 aromatic carbocycles. The number of nitrogens with zero attached hydrogens (tertiary/aromatic N) is 4. The van der Waals surface area contributed by atoms with Gasteiger partial charge in [-0.3, -0.25) is 19.1 Å². The van der Waals surface area contributed by atoms with E-state index in [1.165, 1.54) is 0 Å². The van der Waals surface area contributed by atoms with Gasteiger partial charge in [0.25, 0.3) is 5.56 Å². The molecule has 0 saturated carbocycles. The number of para-hydroxylation sites is 2. The molecule has 2 aliphatic heterocycles. The quantitative estimate of drug-likeness (QED) is 0.496. The summed E-state index contributed by atoms with van der Waals surface area (Å²) < 4.78 is 9.18. The van der Waals surface area contributed by atoms with Crippen LogP contribution in [-0.2, 0) is 29.0 Å². The van der Waals surface area contributed by atoms with E-state index >= 15 is 0 Å². The maximum Gasteiger partial charge on any atom is 0.261 e. The van der Waals surface area contributed by atoms with Crippen molar-refractivity contribution in [1.82, 2.24) is 24.3 Å². The summed E-state index contributed by atoms with van der Waals surface area (Å²) in [5.41, 5.74) is 3.67. The summed E-state index contributed by atoms with van der Waals surface area (Å²) in [4.78, 5) is 33.4. The van der Waals surface area contributed by atoms with Gasteiger partial charge in [-0.15, -0.1) is 0 Å². The Kier molecular flexibility index (Phi) is 5.39. The summed E-state index contributed by atoms with van der Waals surface area (Å²) in [6.07, 6.45) is 0.731. The number of rotatable bonds is 5. The van der Waals surface area contributed by atoms with Crippen LogP contribution >= 0.6 is 0 Å². The maximum atomic E-state index is 13.2. The van der Waals surface area contributed by atoms with E-state index in [2.05, 4.69) is 16.3 Å². The van der Waals surface area contributed by atoms with Gasteiger partial charge in [0.05, 0.1) is 29.8 Å². The lowest BCUT2D eigenvalue weighted by Crippen LogP contribution is -2.41. The van der Waals surface area contributed by atoms with E-state index in [0.717, 1.165) is 61.4 Å². The number of aryl methyl sites for hydroxylation is 1. The Labute approximate surface area is 196 Å². The maximum absolute atomic E-state index is 13.2. The summed E-state index contributed by atoms with van der Waals surface area (Å²) in [7, 11) is 0. The predicted molar refractivity (Wildman–Crippen MR) is 131 cm³/mol. The lowest BCUT2D eigenvalue weighted by atomic mass is 10.0. The molecular formula is C26H27N5O3. The first-order valence-corrected chi connectivity index (χ1v) is 11.9. The first-order valence-electron chi connectivity index (χ1n) is 11.9. The number of fused-ring (bicyclic) bond motifs is 6. The van der Waals surface area contributed by atoms with Gasteiger partial charge in [-0.05, 0) is 30.2 Å². The number of carbonyl (C=O) groups excluding carboxylic acids is 1. The molecule has 4 aromatic rings. The normalized spacial score (nSPS) is 15.9. The number of morpholine rings is 1. The molecule has 2 aliphatic rings. The van der Waals surface area contributed by atoms with Crippen molar-refractivity contribution >= 4 is 27.7 Å². The summed E-state index contributed by atoms with van der Waals surface area (Å²) in [5, 5.41) is 4.81. The lowest BCUT2D eigenvalue weighted by Gasteiger charge is -2.26. The van der Waals surface area contributed by atoms with E-state index in [9.17, 15) is 9.59 Å². The average Bonchev–Trinajstić information content (AvgIpc) is 3.19. The predicted octanol–water partition coefficient (Wildman–Crippen LogP) is 2.02. The van der Waals surface area contributed by atoms with Gasteiger partial charge in [-0.25, -0.2) is 4.98 Å². The fourth-order valence-electron chi connectivity index (χ4n) is 5.21. The lowest BCUT2D eigenvalue weighted by molar-refractivity contribution is -0.121. The largest absolute Gasteiger partial charge is 0.379 e. The van der Waals surface area contributed by atoms with E-state index in [4.69, 9.17) is 9.72 Å². The Hall–Kier alpha value is -3.49. The molecule has 1 fully saturated rings. The molecule has 0 radical (unpaired) electrons. The average molecular weight is 458 g/mol. The Morgan fingerprint density at radius 3 is 2.62 bits per heavy atom. The van der Waals surface area contributed by atoms with E-state index in [-0.39, 0.29) is 18.0 Å². The first-order chi connectivity index (χ1) is 16.7.